The van der Waals surface area contributed by atoms with Crippen LogP contribution < -0.4 is 15.8 Å². The minimum absolute atomic E-state index is 0.00625. The third kappa shape index (κ3) is 4.69. The lowest BCUT2D eigenvalue weighted by Gasteiger charge is -2.13. The van der Waals surface area contributed by atoms with Crippen molar-refractivity contribution in [3.8, 4) is 5.75 Å². The van der Waals surface area contributed by atoms with Crippen LogP contribution in [0.2, 0.25) is 0 Å². The smallest absolute Gasteiger partial charge is 0.408 e. The van der Waals surface area contributed by atoms with Gasteiger partial charge in [0.15, 0.2) is 11.3 Å². The molecule has 0 fully saturated rings. The number of hydrogen-bond acceptors (Lipinski definition) is 4. The first kappa shape index (κ1) is 18.6. The monoisotopic (exact) mass is 380 g/mol. The van der Waals surface area contributed by atoms with Gasteiger partial charge in [-0.25, -0.2) is 4.79 Å². The van der Waals surface area contributed by atoms with Crippen molar-refractivity contribution >= 4 is 22.7 Å². The summed E-state index contributed by atoms with van der Waals surface area (Å²) in [6.45, 7) is 0.240. The van der Waals surface area contributed by atoms with Crippen LogP contribution in [-0.2, 0) is 11.3 Å². The van der Waals surface area contributed by atoms with E-state index in [0.717, 1.165) is 6.07 Å². The normalized spacial score (nSPS) is 11.5. The maximum absolute atomic E-state index is 12.4. The van der Waals surface area contributed by atoms with E-state index in [1.54, 1.807) is 24.3 Å². The number of amides is 1. The zero-order valence-electron chi connectivity index (χ0n) is 14.0. The second-order valence-corrected chi connectivity index (χ2v) is 5.68. The first-order valence-corrected chi connectivity index (χ1v) is 8.06. The van der Waals surface area contributed by atoms with Crippen molar-refractivity contribution in [2.45, 2.75) is 25.7 Å². The standard InChI is InChI=1S/C18H15F3N2O4/c19-18(20,21)27-14-8-3-1-6-12(14)22-16(24)10-5-11-23-13-7-2-4-9-15(13)26-17(23)25/h1-4,6-9H,5,10-11H2,(H,22,24). The van der Waals surface area contributed by atoms with E-state index in [9.17, 15) is 22.8 Å². The Kier molecular flexibility index (Phi) is 5.20. The first-order chi connectivity index (χ1) is 12.8. The summed E-state index contributed by atoms with van der Waals surface area (Å²) in [6, 6.07) is 12.2. The second kappa shape index (κ2) is 7.56. The van der Waals surface area contributed by atoms with Crippen molar-refractivity contribution in [3.63, 3.8) is 0 Å². The van der Waals surface area contributed by atoms with Gasteiger partial charge in [-0.1, -0.05) is 24.3 Å². The number of anilines is 1. The summed E-state index contributed by atoms with van der Waals surface area (Å²) in [4.78, 5) is 23.9. The van der Waals surface area contributed by atoms with E-state index >= 15 is 0 Å². The minimum Gasteiger partial charge on any atom is -0.408 e. The van der Waals surface area contributed by atoms with Gasteiger partial charge in [0.05, 0.1) is 11.2 Å². The third-order valence-electron chi connectivity index (χ3n) is 3.75. The molecule has 3 rings (SSSR count). The number of aryl methyl sites for hydroxylation is 1. The predicted octanol–water partition coefficient (Wildman–Crippen LogP) is 3.91. The fraction of sp³-hybridized carbons (Fsp3) is 0.222. The van der Waals surface area contributed by atoms with E-state index in [0.29, 0.717) is 17.5 Å². The molecule has 0 aliphatic heterocycles. The Morgan fingerprint density at radius 2 is 1.81 bits per heavy atom. The van der Waals surface area contributed by atoms with Gasteiger partial charge in [-0.15, -0.1) is 13.2 Å². The maximum Gasteiger partial charge on any atom is 0.573 e. The molecule has 0 bridgehead atoms. The SMILES string of the molecule is O=C(CCCn1c(=O)oc2ccccc21)Nc1ccccc1OC(F)(F)F. The number of para-hydroxylation sites is 4. The van der Waals surface area contributed by atoms with Crippen molar-refractivity contribution in [1.82, 2.24) is 4.57 Å². The Hall–Kier alpha value is -3.23. The van der Waals surface area contributed by atoms with Crippen LogP contribution in [0, 0.1) is 0 Å². The molecule has 0 saturated carbocycles. The molecule has 0 aliphatic rings. The number of oxazole rings is 1. The lowest BCUT2D eigenvalue weighted by atomic mass is 10.2. The molecule has 0 saturated heterocycles. The van der Waals surface area contributed by atoms with Crippen molar-refractivity contribution in [3.05, 3.63) is 59.1 Å². The molecule has 1 heterocycles. The highest BCUT2D eigenvalue weighted by atomic mass is 19.4. The average Bonchev–Trinajstić information content (AvgIpc) is 2.91. The quantitative estimate of drug-likeness (QED) is 0.704. The van der Waals surface area contributed by atoms with Crippen LogP contribution in [-0.4, -0.2) is 16.8 Å². The summed E-state index contributed by atoms with van der Waals surface area (Å²) in [7, 11) is 0. The Morgan fingerprint density at radius 3 is 2.59 bits per heavy atom. The molecule has 0 atom stereocenters. The van der Waals surface area contributed by atoms with Gasteiger partial charge in [0.25, 0.3) is 0 Å². The summed E-state index contributed by atoms with van der Waals surface area (Å²) in [6.07, 6.45) is -4.55. The zero-order valence-corrected chi connectivity index (χ0v) is 14.0. The van der Waals surface area contributed by atoms with E-state index in [4.69, 9.17) is 4.42 Å². The molecular formula is C18H15F3N2O4. The number of nitrogens with one attached hydrogen (secondary N) is 1. The van der Waals surface area contributed by atoms with Gasteiger partial charge in [-0.05, 0) is 30.7 Å². The molecule has 0 spiro atoms. The maximum atomic E-state index is 12.4. The summed E-state index contributed by atoms with van der Waals surface area (Å²) < 4.78 is 47.6. The number of ether oxygens (including phenoxy) is 1. The van der Waals surface area contributed by atoms with E-state index in [-0.39, 0.29) is 18.7 Å². The molecule has 0 aliphatic carbocycles. The molecule has 2 aromatic carbocycles. The van der Waals surface area contributed by atoms with Crippen molar-refractivity contribution in [2.24, 2.45) is 0 Å². The lowest BCUT2D eigenvalue weighted by Crippen LogP contribution is -2.20. The number of fused-ring (bicyclic) bond motifs is 1. The largest absolute Gasteiger partial charge is 0.573 e. The lowest BCUT2D eigenvalue weighted by molar-refractivity contribution is -0.274. The highest BCUT2D eigenvalue weighted by Crippen LogP contribution is 2.30. The van der Waals surface area contributed by atoms with Gasteiger partial charge in [0.2, 0.25) is 5.91 Å². The van der Waals surface area contributed by atoms with E-state index in [1.807, 2.05) is 0 Å². The Morgan fingerprint density at radius 1 is 1.11 bits per heavy atom. The number of carbonyl (C=O) groups excluding carboxylic acids is 1. The van der Waals surface area contributed by atoms with Gasteiger partial charge >= 0.3 is 12.1 Å². The second-order valence-electron chi connectivity index (χ2n) is 5.68. The van der Waals surface area contributed by atoms with Crippen LogP contribution in [0.1, 0.15) is 12.8 Å². The van der Waals surface area contributed by atoms with E-state index < -0.39 is 23.8 Å². The highest BCUT2D eigenvalue weighted by molar-refractivity contribution is 5.92. The van der Waals surface area contributed by atoms with Gasteiger partial charge in [-0.2, -0.15) is 0 Å². The molecular weight excluding hydrogens is 365 g/mol. The van der Waals surface area contributed by atoms with Crippen molar-refractivity contribution < 1.29 is 27.1 Å². The van der Waals surface area contributed by atoms with Crippen molar-refractivity contribution in [1.29, 1.82) is 0 Å². The number of aromatic nitrogens is 1. The number of carbonyl (C=O) groups is 1. The summed E-state index contributed by atoms with van der Waals surface area (Å²) >= 11 is 0. The van der Waals surface area contributed by atoms with Gasteiger partial charge in [-0.3, -0.25) is 9.36 Å². The number of alkyl halides is 3. The molecule has 27 heavy (non-hydrogen) atoms. The summed E-state index contributed by atoms with van der Waals surface area (Å²) in [5.74, 6) is -1.51. The number of halogens is 3. The number of benzene rings is 2. The fourth-order valence-electron chi connectivity index (χ4n) is 2.62. The highest BCUT2D eigenvalue weighted by Gasteiger charge is 2.32. The predicted molar refractivity (Wildman–Crippen MR) is 91.5 cm³/mol. The molecule has 6 nitrogen and oxygen atoms in total. The molecule has 3 aromatic rings. The summed E-state index contributed by atoms with van der Waals surface area (Å²) in [5, 5.41) is 2.39. The summed E-state index contributed by atoms with van der Waals surface area (Å²) in [5.41, 5.74) is 0.989. The number of nitrogens with zero attached hydrogens (tertiary/aromatic N) is 1. The third-order valence-corrected chi connectivity index (χ3v) is 3.75. The molecule has 0 radical (unpaired) electrons. The molecule has 1 amide bonds. The number of rotatable bonds is 6. The van der Waals surface area contributed by atoms with Crippen LogP contribution in [0.4, 0.5) is 18.9 Å². The van der Waals surface area contributed by atoms with Gasteiger partial charge in [0.1, 0.15) is 0 Å². The first-order valence-electron chi connectivity index (χ1n) is 8.06. The Bertz CT molecular complexity index is 1010. The zero-order chi connectivity index (χ0) is 19.4. The van der Waals surface area contributed by atoms with Crippen LogP contribution in [0.15, 0.2) is 57.7 Å². The van der Waals surface area contributed by atoms with E-state index in [1.165, 1.54) is 22.8 Å². The molecule has 0 unspecified atom stereocenters. The van der Waals surface area contributed by atoms with Crippen LogP contribution in [0.25, 0.3) is 11.1 Å². The van der Waals surface area contributed by atoms with Crippen LogP contribution in [0.5, 0.6) is 5.75 Å². The Balaban J connectivity index is 1.61. The average molecular weight is 380 g/mol. The fourth-order valence-corrected chi connectivity index (χ4v) is 2.62. The molecule has 9 heteroatoms. The Labute approximate surface area is 151 Å². The van der Waals surface area contributed by atoms with Gasteiger partial charge < -0.3 is 14.5 Å². The van der Waals surface area contributed by atoms with E-state index in [2.05, 4.69) is 10.1 Å². The molecule has 142 valence electrons. The van der Waals surface area contributed by atoms with Crippen LogP contribution in [0.3, 0.4) is 0 Å². The van der Waals surface area contributed by atoms with Crippen molar-refractivity contribution in [2.75, 3.05) is 5.32 Å². The topological polar surface area (TPSA) is 73.5 Å². The molecule has 1 aromatic heterocycles. The van der Waals surface area contributed by atoms with Crippen LogP contribution >= 0.6 is 0 Å². The minimum atomic E-state index is -4.86. The van der Waals surface area contributed by atoms with Gasteiger partial charge in [0, 0.05) is 13.0 Å². The molecule has 1 N–H and O–H groups in total. The number of hydrogen-bond donors (Lipinski definition) is 1.